The van der Waals surface area contributed by atoms with Gasteiger partial charge in [0.05, 0.1) is 6.61 Å². The molecule has 0 spiro atoms. The fourth-order valence-corrected chi connectivity index (χ4v) is 2.71. The Labute approximate surface area is 112 Å². The maximum absolute atomic E-state index is 5.67. The molecule has 0 radical (unpaired) electrons. The summed E-state index contributed by atoms with van der Waals surface area (Å²) in [5.41, 5.74) is 0. The zero-order valence-electron chi connectivity index (χ0n) is 12.2. The Kier molecular flexibility index (Phi) is 5.93. The number of nitrogens with one attached hydrogen (secondary N) is 1. The highest BCUT2D eigenvalue weighted by Gasteiger charge is 2.21. The van der Waals surface area contributed by atoms with E-state index in [1.54, 1.807) is 0 Å². The molecule has 1 atom stereocenters. The normalized spacial score (nSPS) is 26.5. The summed E-state index contributed by atoms with van der Waals surface area (Å²) in [6, 6.07) is 1.41. The molecule has 2 rings (SSSR count). The van der Waals surface area contributed by atoms with Gasteiger partial charge in [-0.1, -0.05) is 0 Å². The SMILES string of the molecule is CC(C)N1CCCC(NCCOCC2CC2)CC1. The van der Waals surface area contributed by atoms with E-state index < -0.39 is 0 Å². The van der Waals surface area contributed by atoms with Crippen LogP contribution in [0, 0.1) is 5.92 Å². The van der Waals surface area contributed by atoms with Gasteiger partial charge in [-0.15, -0.1) is 0 Å². The van der Waals surface area contributed by atoms with Gasteiger partial charge >= 0.3 is 0 Å². The van der Waals surface area contributed by atoms with Crippen LogP contribution in [-0.4, -0.2) is 49.8 Å². The molecule has 1 aliphatic carbocycles. The first kappa shape index (κ1) is 14.3. The van der Waals surface area contributed by atoms with E-state index in [0.29, 0.717) is 12.1 Å². The molecule has 0 aromatic rings. The summed E-state index contributed by atoms with van der Waals surface area (Å²) >= 11 is 0. The Morgan fingerprint density at radius 2 is 2.00 bits per heavy atom. The van der Waals surface area contributed by atoms with Crippen LogP contribution in [0.15, 0.2) is 0 Å². The van der Waals surface area contributed by atoms with Gasteiger partial charge in [-0.25, -0.2) is 0 Å². The van der Waals surface area contributed by atoms with E-state index in [2.05, 4.69) is 24.1 Å². The summed E-state index contributed by atoms with van der Waals surface area (Å²) in [5.74, 6) is 0.891. The standard InChI is InChI=1S/C15H30N2O/c1-13(2)17-9-3-4-15(7-10-17)16-8-11-18-12-14-5-6-14/h13-16H,3-12H2,1-2H3. The van der Waals surface area contributed by atoms with E-state index in [1.165, 1.54) is 45.2 Å². The monoisotopic (exact) mass is 254 g/mol. The van der Waals surface area contributed by atoms with E-state index in [4.69, 9.17) is 4.74 Å². The van der Waals surface area contributed by atoms with Crippen LogP contribution in [0.2, 0.25) is 0 Å². The molecule has 0 aromatic carbocycles. The molecular formula is C15H30N2O. The molecule has 1 aliphatic heterocycles. The lowest BCUT2D eigenvalue weighted by molar-refractivity contribution is 0.123. The maximum Gasteiger partial charge on any atom is 0.0591 e. The predicted octanol–water partition coefficient (Wildman–Crippen LogP) is 2.27. The van der Waals surface area contributed by atoms with Crippen molar-refractivity contribution in [2.24, 2.45) is 5.92 Å². The van der Waals surface area contributed by atoms with Crippen molar-refractivity contribution in [2.45, 2.75) is 58.0 Å². The fraction of sp³-hybridized carbons (Fsp3) is 1.00. The molecule has 0 bridgehead atoms. The second kappa shape index (κ2) is 7.46. The molecule has 1 heterocycles. The van der Waals surface area contributed by atoms with Crippen LogP contribution in [0.1, 0.15) is 46.0 Å². The maximum atomic E-state index is 5.67. The number of hydrogen-bond donors (Lipinski definition) is 1. The lowest BCUT2D eigenvalue weighted by Gasteiger charge is -2.24. The molecule has 3 heteroatoms. The minimum atomic E-state index is 0.700. The third-order valence-electron chi connectivity index (χ3n) is 4.22. The smallest absolute Gasteiger partial charge is 0.0591 e. The van der Waals surface area contributed by atoms with Crippen molar-refractivity contribution in [3.63, 3.8) is 0 Å². The van der Waals surface area contributed by atoms with Gasteiger partial charge in [-0.2, -0.15) is 0 Å². The highest BCUT2D eigenvalue weighted by molar-refractivity contribution is 4.76. The molecule has 1 unspecified atom stereocenters. The van der Waals surface area contributed by atoms with Crippen molar-refractivity contribution >= 4 is 0 Å². The van der Waals surface area contributed by atoms with Gasteiger partial charge < -0.3 is 15.0 Å². The van der Waals surface area contributed by atoms with Crippen molar-refractivity contribution in [3.05, 3.63) is 0 Å². The van der Waals surface area contributed by atoms with Gasteiger partial charge in [-0.3, -0.25) is 0 Å². The van der Waals surface area contributed by atoms with Crippen LogP contribution in [0.3, 0.4) is 0 Å². The Bertz CT molecular complexity index is 229. The summed E-state index contributed by atoms with van der Waals surface area (Å²) in [5, 5.41) is 3.66. The number of nitrogens with zero attached hydrogens (tertiary/aromatic N) is 1. The summed E-state index contributed by atoms with van der Waals surface area (Å²) < 4.78 is 5.67. The lowest BCUT2D eigenvalue weighted by Crippen LogP contribution is -2.35. The van der Waals surface area contributed by atoms with Crippen LogP contribution >= 0.6 is 0 Å². The highest BCUT2D eigenvalue weighted by atomic mass is 16.5. The van der Waals surface area contributed by atoms with Gasteiger partial charge in [0.1, 0.15) is 0 Å². The van der Waals surface area contributed by atoms with Gasteiger partial charge in [0.2, 0.25) is 0 Å². The largest absolute Gasteiger partial charge is 0.380 e. The van der Waals surface area contributed by atoms with E-state index in [1.807, 2.05) is 0 Å². The highest BCUT2D eigenvalue weighted by Crippen LogP contribution is 2.28. The summed E-state index contributed by atoms with van der Waals surface area (Å²) in [4.78, 5) is 2.60. The van der Waals surface area contributed by atoms with E-state index in [9.17, 15) is 0 Å². The number of ether oxygens (including phenoxy) is 1. The molecule has 3 nitrogen and oxygen atoms in total. The molecule has 1 saturated carbocycles. The van der Waals surface area contributed by atoms with Crippen LogP contribution in [0.5, 0.6) is 0 Å². The molecule has 1 N–H and O–H groups in total. The zero-order valence-corrected chi connectivity index (χ0v) is 12.2. The lowest BCUT2D eigenvalue weighted by atomic mass is 10.1. The van der Waals surface area contributed by atoms with Crippen LogP contribution in [-0.2, 0) is 4.74 Å². The Morgan fingerprint density at radius 1 is 1.17 bits per heavy atom. The third-order valence-corrected chi connectivity index (χ3v) is 4.22. The van der Waals surface area contributed by atoms with Crippen LogP contribution < -0.4 is 5.32 Å². The predicted molar refractivity (Wildman–Crippen MR) is 75.9 cm³/mol. The number of hydrogen-bond acceptors (Lipinski definition) is 3. The molecular weight excluding hydrogens is 224 g/mol. The van der Waals surface area contributed by atoms with Gasteiger partial charge in [0.25, 0.3) is 0 Å². The molecule has 2 aliphatic rings. The fourth-order valence-electron chi connectivity index (χ4n) is 2.71. The number of likely N-dealkylation sites (tertiary alicyclic amines) is 1. The van der Waals surface area contributed by atoms with Crippen LogP contribution in [0.4, 0.5) is 0 Å². The average molecular weight is 254 g/mol. The van der Waals surface area contributed by atoms with E-state index >= 15 is 0 Å². The van der Waals surface area contributed by atoms with Gasteiger partial charge in [0, 0.05) is 25.2 Å². The molecule has 2 fully saturated rings. The van der Waals surface area contributed by atoms with Crippen molar-refractivity contribution in [2.75, 3.05) is 32.8 Å². The van der Waals surface area contributed by atoms with Crippen molar-refractivity contribution in [1.29, 1.82) is 0 Å². The first-order valence-electron chi connectivity index (χ1n) is 7.81. The average Bonchev–Trinajstić information content (AvgIpc) is 3.14. The molecule has 0 amide bonds. The minimum absolute atomic E-state index is 0.700. The quantitative estimate of drug-likeness (QED) is 0.705. The summed E-state index contributed by atoms with van der Waals surface area (Å²) in [7, 11) is 0. The summed E-state index contributed by atoms with van der Waals surface area (Å²) in [6.07, 6.45) is 6.73. The molecule has 106 valence electrons. The topological polar surface area (TPSA) is 24.5 Å². The second-order valence-corrected chi connectivity index (χ2v) is 6.23. The number of rotatable bonds is 7. The van der Waals surface area contributed by atoms with Gasteiger partial charge in [0.15, 0.2) is 0 Å². The molecule has 0 aromatic heterocycles. The Morgan fingerprint density at radius 3 is 2.72 bits per heavy atom. The van der Waals surface area contributed by atoms with Gasteiger partial charge in [-0.05, 0) is 65.0 Å². The summed E-state index contributed by atoms with van der Waals surface area (Å²) in [6.45, 7) is 10.0. The van der Waals surface area contributed by atoms with Crippen molar-refractivity contribution < 1.29 is 4.74 Å². The van der Waals surface area contributed by atoms with Crippen LogP contribution in [0.25, 0.3) is 0 Å². The minimum Gasteiger partial charge on any atom is -0.380 e. The first-order chi connectivity index (χ1) is 8.75. The zero-order chi connectivity index (χ0) is 12.8. The van der Waals surface area contributed by atoms with E-state index in [0.717, 1.165) is 25.7 Å². The molecule has 1 saturated heterocycles. The first-order valence-corrected chi connectivity index (χ1v) is 7.81. The Balaban J connectivity index is 1.52. The second-order valence-electron chi connectivity index (χ2n) is 6.23. The van der Waals surface area contributed by atoms with Crippen molar-refractivity contribution in [3.8, 4) is 0 Å². The molecule has 18 heavy (non-hydrogen) atoms. The third kappa shape index (κ3) is 5.25. The van der Waals surface area contributed by atoms with E-state index in [-0.39, 0.29) is 0 Å². The van der Waals surface area contributed by atoms with Crippen molar-refractivity contribution in [1.82, 2.24) is 10.2 Å². The Hall–Kier alpha value is -0.120.